The molecule has 6 aromatic carbocycles. The summed E-state index contributed by atoms with van der Waals surface area (Å²) >= 11 is 0. The van der Waals surface area contributed by atoms with Crippen molar-refractivity contribution in [2.75, 3.05) is 24.3 Å². The number of ether oxygens (including phenoxy) is 2. The smallest absolute Gasteiger partial charge is 0.337 e. The number of anilines is 2. The SMILES string of the molecule is Cc1ccc(-c2[nH]nc3c2C(c2cccc4ccccc24)C2=C(COC2=O)N3)cc1.Cc1ccc(-c2cc(N)n[nH]2)cc1.O=C1COC(=O)C1.O=Cc1cccc2ccccc12. The standard InChI is InChI=1S/C25H19N3O2.C11H8O.C10H11N3.C4H4O3/c1-14-9-11-16(12-10-14)23-22-20(18-8-4-6-15-5-2-3-7-17(15)18)21-19(13-30-25(21)29)26-24(22)28-27-23;12-8-10-6-3-5-9-4-1-2-7-11(9)10;1-7-2-4-8(5-3-7)9-6-10(11)13-12-9;5-3-1-4(6)7-2-3/h2-12,20H,13H2,1H3,(H2,26,27,28);1-8H;2-6H,1H3,(H3,11,12,13);1-2H2. The first kappa shape index (κ1) is 40.7. The molecule has 62 heavy (non-hydrogen) atoms. The summed E-state index contributed by atoms with van der Waals surface area (Å²) in [5, 5.41) is 22.2. The summed E-state index contributed by atoms with van der Waals surface area (Å²) in [6.07, 6.45) is 0.863. The zero-order valence-electron chi connectivity index (χ0n) is 34.0. The van der Waals surface area contributed by atoms with Gasteiger partial charge in [-0.15, -0.1) is 0 Å². The van der Waals surface area contributed by atoms with E-state index in [1.165, 1.54) is 11.1 Å². The van der Waals surface area contributed by atoms with Crippen LogP contribution in [0, 0.1) is 13.8 Å². The maximum Gasteiger partial charge on any atom is 0.337 e. The van der Waals surface area contributed by atoms with Gasteiger partial charge in [0, 0.05) is 23.1 Å². The monoisotopic (exact) mass is 822 g/mol. The number of nitrogen functional groups attached to an aromatic ring is 1. The van der Waals surface area contributed by atoms with Crippen LogP contribution >= 0.6 is 0 Å². The molecule has 1 unspecified atom stereocenters. The molecule has 12 nitrogen and oxygen atoms in total. The van der Waals surface area contributed by atoms with Gasteiger partial charge in [-0.1, -0.05) is 145 Å². The van der Waals surface area contributed by atoms with Crippen molar-refractivity contribution in [1.82, 2.24) is 20.4 Å². The maximum absolute atomic E-state index is 12.8. The van der Waals surface area contributed by atoms with E-state index in [0.29, 0.717) is 11.4 Å². The number of ketones is 1. The fourth-order valence-electron chi connectivity index (χ4n) is 7.58. The fourth-order valence-corrected chi connectivity index (χ4v) is 7.58. The van der Waals surface area contributed by atoms with Crippen LogP contribution in [-0.2, 0) is 23.9 Å². The van der Waals surface area contributed by atoms with Crippen LogP contribution in [-0.4, -0.2) is 57.6 Å². The first-order chi connectivity index (χ1) is 30.2. The molecule has 3 aliphatic rings. The van der Waals surface area contributed by atoms with E-state index in [-0.39, 0.29) is 37.3 Å². The number of aromatic nitrogens is 4. The third kappa shape index (κ3) is 8.75. The Labute approximate surface area is 356 Å². The van der Waals surface area contributed by atoms with Crippen LogP contribution in [0.5, 0.6) is 0 Å². The first-order valence-corrected chi connectivity index (χ1v) is 19.9. The Bertz CT molecular complexity index is 2960. The molecule has 2 aromatic heterocycles. The second-order valence-electron chi connectivity index (χ2n) is 15.0. The molecule has 0 bridgehead atoms. The summed E-state index contributed by atoms with van der Waals surface area (Å²) < 4.78 is 9.69. The molecule has 5 N–H and O–H groups in total. The highest BCUT2D eigenvalue weighted by Gasteiger charge is 2.41. The van der Waals surface area contributed by atoms with Crippen molar-refractivity contribution < 1.29 is 28.7 Å². The van der Waals surface area contributed by atoms with E-state index in [1.807, 2.05) is 78.9 Å². The number of nitrogens with one attached hydrogen (secondary N) is 3. The summed E-state index contributed by atoms with van der Waals surface area (Å²) in [5.74, 6) is 0.232. The number of carbonyl (C=O) groups is 4. The number of hydrogen-bond acceptors (Lipinski definition) is 10. The number of rotatable bonds is 4. The molecule has 0 saturated carbocycles. The van der Waals surface area contributed by atoms with Crippen molar-refractivity contribution in [3.8, 4) is 22.5 Å². The molecular weight excluding hydrogens is 781 g/mol. The summed E-state index contributed by atoms with van der Waals surface area (Å²) in [7, 11) is 0. The Morgan fingerprint density at radius 1 is 0.677 bits per heavy atom. The van der Waals surface area contributed by atoms with Gasteiger partial charge in [0.1, 0.15) is 18.8 Å². The fraction of sp³-hybridized carbons (Fsp3) is 0.120. The van der Waals surface area contributed by atoms with E-state index in [9.17, 15) is 19.2 Å². The third-order valence-corrected chi connectivity index (χ3v) is 10.7. The number of nitrogens with two attached hydrogens (primary N) is 1. The van der Waals surface area contributed by atoms with Crippen LogP contribution in [0.15, 0.2) is 151 Å². The molecular formula is C50H42N6O6. The second-order valence-corrected chi connectivity index (χ2v) is 15.0. The minimum absolute atomic E-state index is 0.0150. The lowest BCUT2D eigenvalue weighted by Gasteiger charge is -2.26. The largest absolute Gasteiger partial charge is 0.457 e. The molecule has 1 fully saturated rings. The van der Waals surface area contributed by atoms with Crippen molar-refractivity contribution in [2.24, 2.45) is 0 Å². The summed E-state index contributed by atoms with van der Waals surface area (Å²) in [6, 6.07) is 46.5. The van der Waals surface area contributed by atoms with Crippen LogP contribution in [0.4, 0.5) is 11.6 Å². The van der Waals surface area contributed by atoms with E-state index in [2.05, 4.69) is 105 Å². The predicted molar refractivity (Wildman–Crippen MR) is 239 cm³/mol. The molecule has 5 heterocycles. The summed E-state index contributed by atoms with van der Waals surface area (Å²) in [5.41, 5.74) is 16.3. The number of cyclic esters (lactones) is 2. The van der Waals surface area contributed by atoms with Crippen molar-refractivity contribution >= 4 is 57.2 Å². The number of carbonyl (C=O) groups excluding carboxylic acids is 4. The number of Topliss-reactive ketones (excluding diaryl/α,β-unsaturated/α-hetero) is 1. The summed E-state index contributed by atoms with van der Waals surface area (Å²) in [4.78, 5) is 43.5. The van der Waals surface area contributed by atoms with Gasteiger partial charge in [-0.2, -0.15) is 10.2 Å². The van der Waals surface area contributed by atoms with Crippen LogP contribution in [0.3, 0.4) is 0 Å². The number of aryl methyl sites for hydroxylation is 2. The number of benzene rings is 6. The molecule has 0 spiro atoms. The van der Waals surface area contributed by atoms with Gasteiger partial charge in [-0.3, -0.25) is 24.6 Å². The first-order valence-electron chi connectivity index (χ1n) is 19.9. The Balaban J connectivity index is 0.000000135. The molecule has 12 heteroatoms. The van der Waals surface area contributed by atoms with Crippen LogP contribution in [0.1, 0.15) is 45.0 Å². The minimum Gasteiger partial charge on any atom is -0.457 e. The zero-order chi connectivity index (χ0) is 43.2. The number of fused-ring (bicyclic) bond motifs is 3. The highest BCUT2D eigenvalue weighted by molar-refractivity contribution is 6.02. The average molecular weight is 823 g/mol. The lowest BCUT2D eigenvalue weighted by atomic mass is 9.79. The molecule has 3 aliphatic heterocycles. The second kappa shape index (κ2) is 18.0. The Morgan fingerprint density at radius 3 is 1.92 bits per heavy atom. The highest BCUT2D eigenvalue weighted by Crippen LogP contribution is 2.48. The van der Waals surface area contributed by atoms with Gasteiger partial charge in [-0.05, 0) is 52.1 Å². The van der Waals surface area contributed by atoms with Gasteiger partial charge in [0.05, 0.1) is 22.7 Å². The third-order valence-electron chi connectivity index (χ3n) is 10.7. The minimum atomic E-state index is -0.398. The van der Waals surface area contributed by atoms with E-state index in [1.54, 1.807) is 0 Å². The van der Waals surface area contributed by atoms with Crippen LogP contribution in [0.25, 0.3) is 44.1 Å². The molecule has 0 amide bonds. The van der Waals surface area contributed by atoms with Gasteiger partial charge in [0.2, 0.25) is 0 Å². The molecule has 8 aromatic rings. The quantitative estimate of drug-likeness (QED) is 0.0759. The zero-order valence-corrected chi connectivity index (χ0v) is 34.0. The average Bonchev–Trinajstić information content (AvgIpc) is 4.11. The van der Waals surface area contributed by atoms with Gasteiger partial charge in [0.25, 0.3) is 0 Å². The molecule has 11 rings (SSSR count). The van der Waals surface area contributed by atoms with Crippen molar-refractivity contribution in [3.05, 3.63) is 179 Å². The number of aldehydes is 1. The van der Waals surface area contributed by atoms with Gasteiger partial charge in [0.15, 0.2) is 24.5 Å². The van der Waals surface area contributed by atoms with E-state index >= 15 is 0 Å². The molecule has 1 saturated heterocycles. The number of nitrogens with zero attached hydrogens (tertiary/aromatic N) is 2. The van der Waals surface area contributed by atoms with E-state index < -0.39 is 5.97 Å². The highest BCUT2D eigenvalue weighted by atomic mass is 16.5. The molecule has 0 radical (unpaired) electrons. The van der Waals surface area contributed by atoms with Crippen molar-refractivity contribution in [3.63, 3.8) is 0 Å². The van der Waals surface area contributed by atoms with E-state index in [0.717, 1.165) is 78.6 Å². The van der Waals surface area contributed by atoms with Crippen molar-refractivity contribution in [1.29, 1.82) is 0 Å². The van der Waals surface area contributed by atoms with E-state index in [4.69, 9.17) is 10.5 Å². The molecule has 0 aliphatic carbocycles. The number of H-pyrrole nitrogens is 2. The topological polar surface area (TPSA) is 182 Å². The number of hydrogen-bond donors (Lipinski definition) is 4. The Hall–Kier alpha value is -8.12. The Morgan fingerprint density at radius 2 is 1.31 bits per heavy atom. The number of esters is 2. The maximum atomic E-state index is 12.8. The number of aromatic amines is 2. The lowest BCUT2D eigenvalue weighted by molar-refractivity contribution is -0.138. The molecule has 308 valence electrons. The van der Waals surface area contributed by atoms with Gasteiger partial charge in [-0.25, -0.2) is 4.79 Å². The Kier molecular flexibility index (Phi) is 11.8. The van der Waals surface area contributed by atoms with Gasteiger partial charge >= 0.3 is 11.9 Å². The normalized spacial score (nSPS) is 14.8. The van der Waals surface area contributed by atoms with Crippen LogP contribution < -0.4 is 11.1 Å². The predicted octanol–water partition coefficient (Wildman–Crippen LogP) is 9.03. The lowest BCUT2D eigenvalue weighted by Crippen LogP contribution is -2.20. The van der Waals surface area contributed by atoms with Crippen molar-refractivity contribution in [2.45, 2.75) is 26.2 Å². The summed E-state index contributed by atoms with van der Waals surface area (Å²) in [6.45, 7) is 4.36. The van der Waals surface area contributed by atoms with Crippen LogP contribution in [0.2, 0.25) is 0 Å². The van der Waals surface area contributed by atoms with Gasteiger partial charge < -0.3 is 20.5 Å². The molecule has 1 atom stereocenters.